The van der Waals surface area contributed by atoms with Crippen LogP contribution in [0.5, 0.6) is 23.1 Å². The van der Waals surface area contributed by atoms with Gasteiger partial charge in [0.05, 0.1) is 5.56 Å². The number of pyridine rings is 1. The Labute approximate surface area is 161 Å². The van der Waals surface area contributed by atoms with Gasteiger partial charge in [-0.1, -0.05) is 24.3 Å². The molecule has 0 radical (unpaired) electrons. The molecule has 0 spiro atoms. The molecule has 0 atom stereocenters. The maximum Gasteiger partial charge on any atom is 0.369 e. The lowest BCUT2D eigenvalue weighted by atomic mass is 10.2. The fourth-order valence-corrected chi connectivity index (χ4v) is 2.32. The van der Waals surface area contributed by atoms with Crippen LogP contribution in [0.1, 0.15) is 10.4 Å². The number of para-hydroxylation sites is 1. The largest absolute Gasteiger partial charge is 0.457 e. The van der Waals surface area contributed by atoms with Crippen LogP contribution in [0.15, 0.2) is 72.1 Å². The van der Waals surface area contributed by atoms with Gasteiger partial charge < -0.3 is 14.4 Å². The summed E-state index contributed by atoms with van der Waals surface area (Å²) in [5.74, 6) is 1.44. The van der Waals surface area contributed by atoms with E-state index in [9.17, 15) is 9.70 Å². The second kappa shape index (κ2) is 8.63. The molecule has 1 aromatic heterocycles. The standard InChI is InChI=1S/C20H17N3O5/c1-23(2)18-11-14(20(24)28-22-25)12-19(21-18)27-17-10-6-9-16(13-17)26-15-7-4-3-5-8-15/h3-13H,1-2H3. The molecule has 0 bridgehead atoms. The van der Waals surface area contributed by atoms with Crippen molar-refractivity contribution in [1.29, 1.82) is 0 Å². The molecule has 0 aliphatic heterocycles. The van der Waals surface area contributed by atoms with Crippen LogP contribution < -0.4 is 14.4 Å². The highest BCUT2D eigenvalue weighted by Gasteiger charge is 2.14. The number of hydrogen-bond donors (Lipinski definition) is 0. The fourth-order valence-electron chi connectivity index (χ4n) is 2.32. The second-order valence-electron chi connectivity index (χ2n) is 5.89. The van der Waals surface area contributed by atoms with E-state index in [1.54, 1.807) is 43.3 Å². The van der Waals surface area contributed by atoms with Crippen molar-refractivity contribution in [3.05, 3.63) is 77.2 Å². The Hall–Kier alpha value is -3.94. The van der Waals surface area contributed by atoms with E-state index in [0.717, 1.165) is 0 Å². The molecular weight excluding hydrogens is 362 g/mol. The maximum absolute atomic E-state index is 11.8. The second-order valence-corrected chi connectivity index (χ2v) is 5.89. The van der Waals surface area contributed by atoms with E-state index in [2.05, 4.69) is 15.2 Å². The number of carbonyl (C=O) groups is 1. The lowest BCUT2D eigenvalue weighted by molar-refractivity contribution is 0.0508. The molecule has 142 valence electrons. The van der Waals surface area contributed by atoms with Crippen molar-refractivity contribution in [2.45, 2.75) is 0 Å². The van der Waals surface area contributed by atoms with Crippen molar-refractivity contribution < 1.29 is 19.1 Å². The minimum absolute atomic E-state index is 0.0880. The van der Waals surface area contributed by atoms with Crippen LogP contribution in [0.25, 0.3) is 0 Å². The molecule has 8 heteroatoms. The third kappa shape index (κ3) is 4.82. The van der Waals surface area contributed by atoms with E-state index < -0.39 is 5.97 Å². The summed E-state index contributed by atoms with van der Waals surface area (Å²) in [6, 6.07) is 19.2. The Morgan fingerprint density at radius 3 is 2.25 bits per heavy atom. The molecule has 0 unspecified atom stereocenters. The van der Waals surface area contributed by atoms with E-state index in [0.29, 0.717) is 23.1 Å². The first-order valence-electron chi connectivity index (χ1n) is 8.29. The average molecular weight is 379 g/mol. The molecule has 0 fully saturated rings. The number of ether oxygens (including phenoxy) is 2. The molecule has 3 rings (SSSR count). The number of anilines is 1. The van der Waals surface area contributed by atoms with Crippen LogP contribution in [-0.2, 0) is 4.84 Å². The maximum atomic E-state index is 11.8. The lowest BCUT2D eigenvalue weighted by Gasteiger charge is -2.14. The quantitative estimate of drug-likeness (QED) is 0.439. The van der Waals surface area contributed by atoms with Crippen LogP contribution in [-0.4, -0.2) is 25.0 Å². The van der Waals surface area contributed by atoms with Crippen molar-refractivity contribution >= 4 is 11.8 Å². The summed E-state index contributed by atoms with van der Waals surface area (Å²) in [7, 11) is 3.51. The normalized spacial score (nSPS) is 10.1. The highest BCUT2D eigenvalue weighted by molar-refractivity contribution is 5.90. The predicted molar refractivity (Wildman–Crippen MR) is 103 cm³/mol. The molecule has 3 aromatic rings. The zero-order valence-electron chi connectivity index (χ0n) is 15.2. The number of rotatable bonds is 7. The summed E-state index contributed by atoms with van der Waals surface area (Å²) >= 11 is 0. The molecular formula is C20H17N3O5. The first-order valence-corrected chi connectivity index (χ1v) is 8.29. The molecule has 8 nitrogen and oxygen atoms in total. The molecule has 0 saturated heterocycles. The molecule has 28 heavy (non-hydrogen) atoms. The summed E-state index contributed by atoms with van der Waals surface area (Å²) in [6.07, 6.45) is 0. The third-order valence-corrected chi connectivity index (χ3v) is 3.61. The molecule has 2 aromatic carbocycles. The van der Waals surface area contributed by atoms with Crippen molar-refractivity contribution in [1.82, 2.24) is 4.98 Å². The van der Waals surface area contributed by atoms with Crippen LogP contribution in [0, 0.1) is 4.91 Å². The highest BCUT2D eigenvalue weighted by atomic mass is 16.7. The minimum Gasteiger partial charge on any atom is -0.457 e. The Morgan fingerprint density at radius 2 is 1.57 bits per heavy atom. The number of carbonyl (C=O) groups excluding carboxylic acids is 1. The lowest BCUT2D eigenvalue weighted by Crippen LogP contribution is -2.13. The van der Waals surface area contributed by atoms with Gasteiger partial charge in [0, 0.05) is 26.2 Å². The topological polar surface area (TPSA) is 90.3 Å². The summed E-state index contributed by atoms with van der Waals surface area (Å²) < 4.78 is 11.6. The van der Waals surface area contributed by atoms with Crippen molar-refractivity contribution in [3.63, 3.8) is 0 Å². The molecule has 0 amide bonds. The van der Waals surface area contributed by atoms with Gasteiger partial charge in [0.25, 0.3) is 0 Å². The van der Waals surface area contributed by atoms with E-state index >= 15 is 0 Å². The zero-order valence-corrected chi connectivity index (χ0v) is 15.2. The highest BCUT2D eigenvalue weighted by Crippen LogP contribution is 2.29. The van der Waals surface area contributed by atoms with E-state index in [-0.39, 0.29) is 11.4 Å². The molecule has 1 heterocycles. The van der Waals surface area contributed by atoms with Gasteiger partial charge in [-0.3, -0.25) is 4.84 Å². The molecule has 0 N–H and O–H groups in total. The monoisotopic (exact) mass is 379 g/mol. The Morgan fingerprint density at radius 1 is 0.893 bits per heavy atom. The SMILES string of the molecule is CN(C)c1cc(C(=O)ON=O)cc(Oc2cccc(Oc3ccccc3)c2)n1. The summed E-state index contributed by atoms with van der Waals surface area (Å²) in [6.45, 7) is 0. The number of aromatic nitrogens is 1. The number of nitrogens with zero attached hydrogens (tertiary/aromatic N) is 3. The molecule has 0 saturated carbocycles. The van der Waals surface area contributed by atoms with Gasteiger partial charge in [-0.15, -0.1) is 4.91 Å². The molecule has 0 aliphatic carbocycles. The third-order valence-electron chi connectivity index (χ3n) is 3.61. The number of benzene rings is 2. The minimum atomic E-state index is -0.897. The van der Waals surface area contributed by atoms with Gasteiger partial charge in [0.2, 0.25) is 5.88 Å². The smallest absolute Gasteiger partial charge is 0.369 e. The van der Waals surface area contributed by atoms with Crippen LogP contribution in [0.4, 0.5) is 5.82 Å². The van der Waals surface area contributed by atoms with Crippen molar-refractivity contribution in [2.24, 2.45) is 5.34 Å². The van der Waals surface area contributed by atoms with Crippen LogP contribution in [0.3, 0.4) is 0 Å². The fraction of sp³-hybridized carbons (Fsp3) is 0.100. The van der Waals surface area contributed by atoms with E-state index in [4.69, 9.17) is 9.47 Å². The predicted octanol–water partition coefficient (Wildman–Crippen LogP) is 4.57. The zero-order chi connectivity index (χ0) is 19.9. The Kier molecular flexibility index (Phi) is 5.81. The van der Waals surface area contributed by atoms with E-state index in [1.165, 1.54) is 12.1 Å². The summed E-state index contributed by atoms with van der Waals surface area (Å²) in [5, 5.41) is 2.16. The van der Waals surface area contributed by atoms with Gasteiger partial charge in [-0.05, 0) is 30.3 Å². The van der Waals surface area contributed by atoms with Crippen LogP contribution in [0.2, 0.25) is 0 Å². The first-order chi connectivity index (χ1) is 13.5. The van der Waals surface area contributed by atoms with Gasteiger partial charge in [-0.2, -0.15) is 4.98 Å². The van der Waals surface area contributed by atoms with Crippen molar-refractivity contribution in [3.8, 4) is 23.1 Å². The van der Waals surface area contributed by atoms with Gasteiger partial charge in [0.1, 0.15) is 23.1 Å². The Bertz CT molecular complexity index is 977. The summed E-state index contributed by atoms with van der Waals surface area (Å²) in [5.41, 5.74) is 0.0880. The van der Waals surface area contributed by atoms with Gasteiger partial charge in [-0.25, -0.2) is 4.79 Å². The van der Waals surface area contributed by atoms with Crippen LogP contribution >= 0.6 is 0 Å². The van der Waals surface area contributed by atoms with Crippen molar-refractivity contribution in [2.75, 3.05) is 19.0 Å². The summed E-state index contributed by atoms with van der Waals surface area (Å²) in [4.78, 5) is 32.2. The molecule has 0 aliphatic rings. The Balaban J connectivity index is 1.85. The van der Waals surface area contributed by atoms with Gasteiger partial charge >= 0.3 is 5.97 Å². The number of hydrogen-bond acceptors (Lipinski definition) is 8. The van der Waals surface area contributed by atoms with Gasteiger partial charge in [0.15, 0.2) is 5.34 Å². The first kappa shape index (κ1) is 18.8. The van der Waals surface area contributed by atoms with E-state index in [1.807, 2.05) is 30.3 Å². The average Bonchev–Trinajstić information content (AvgIpc) is 2.69.